The van der Waals surface area contributed by atoms with E-state index in [9.17, 15) is 4.79 Å². The molecule has 0 heterocycles. The van der Waals surface area contributed by atoms with Crippen molar-refractivity contribution in [2.75, 3.05) is 13.2 Å². The van der Waals surface area contributed by atoms with Gasteiger partial charge in [0.2, 0.25) is 0 Å². The van der Waals surface area contributed by atoms with Crippen LogP contribution in [0.2, 0.25) is 0 Å². The van der Waals surface area contributed by atoms with Crippen molar-refractivity contribution in [3.8, 4) is 11.5 Å². The molecule has 0 saturated carbocycles. The minimum atomic E-state index is -0.965. The Morgan fingerprint density at radius 1 is 1.00 bits per heavy atom. The first-order chi connectivity index (χ1) is 11.9. The van der Waals surface area contributed by atoms with Crippen LogP contribution >= 0.6 is 0 Å². The lowest BCUT2D eigenvalue weighted by Gasteiger charge is -2.22. The normalized spacial score (nSPS) is 11.5. The highest BCUT2D eigenvalue weighted by atomic mass is 16.5. The van der Waals surface area contributed by atoms with Gasteiger partial charge in [-0.3, -0.25) is 0 Å². The number of carbonyl (C=O) groups is 1. The number of carboxylic acid groups (broad SMARTS) is 1. The van der Waals surface area contributed by atoms with E-state index >= 15 is 0 Å². The van der Waals surface area contributed by atoms with Crippen molar-refractivity contribution >= 4 is 12.0 Å². The maximum atomic E-state index is 10.5. The van der Waals surface area contributed by atoms with Crippen molar-refractivity contribution in [2.24, 2.45) is 0 Å². The average molecular weight is 340 g/mol. The topological polar surface area (TPSA) is 55.8 Å². The van der Waals surface area contributed by atoms with Crippen LogP contribution in [0, 0.1) is 0 Å². The summed E-state index contributed by atoms with van der Waals surface area (Å²) in [6.45, 7) is 7.36. The molecule has 0 aliphatic heterocycles. The Kier molecular flexibility index (Phi) is 6.23. The zero-order valence-electron chi connectivity index (χ0n) is 14.9. The summed E-state index contributed by atoms with van der Waals surface area (Å²) in [5.41, 5.74) is 2.01. The van der Waals surface area contributed by atoms with Gasteiger partial charge in [0.25, 0.3) is 0 Å². The summed E-state index contributed by atoms with van der Waals surface area (Å²) in [6, 6.07) is 15.3. The van der Waals surface area contributed by atoms with E-state index in [4.69, 9.17) is 14.6 Å². The summed E-state index contributed by atoms with van der Waals surface area (Å²) in [4.78, 5) is 10.5. The van der Waals surface area contributed by atoms with Crippen LogP contribution in [0.3, 0.4) is 0 Å². The Bertz CT molecular complexity index is 724. The predicted molar refractivity (Wildman–Crippen MR) is 99.2 cm³/mol. The summed E-state index contributed by atoms with van der Waals surface area (Å²) in [5.74, 6) is 0.640. The Morgan fingerprint density at radius 2 is 1.64 bits per heavy atom. The van der Waals surface area contributed by atoms with E-state index in [1.54, 1.807) is 6.08 Å². The summed E-state index contributed by atoms with van der Waals surface area (Å²) in [7, 11) is 0. The molecule has 0 atom stereocenters. The van der Waals surface area contributed by atoms with Gasteiger partial charge in [-0.25, -0.2) is 4.79 Å². The van der Waals surface area contributed by atoms with Crippen LogP contribution in [0.5, 0.6) is 11.5 Å². The van der Waals surface area contributed by atoms with Crippen LogP contribution in [0.1, 0.15) is 31.9 Å². The number of benzene rings is 2. The largest absolute Gasteiger partial charge is 0.490 e. The van der Waals surface area contributed by atoms with Crippen LogP contribution < -0.4 is 9.47 Å². The summed E-state index contributed by atoms with van der Waals surface area (Å²) in [5, 5.41) is 8.61. The number of hydrogen-bond acceptors (Lipinski definition) is 3. The van der Waals surface area contributed by atoms with Gasteiger partial charge < -0.3 is 14.6 Å². The maximum Gasteiger partial charge on any atom is 0.328 e. The van der Waals surface area contributed by atoms with E-state index in [2.05, 4.69) is 26.8 Å². The SMILES string of the molecule is CC(C)(C)c1ccccc1OCCOc1ccc(C=CC(=O)O)cc1. The van der Waals surface area contributed by atoms with Crippen molar-refractivity contribution in [1.82, 2.24) is 0 Å². The standard InChI is InChI=1S/C21H24O4/c1-21(2,3)18-6-4-5-7-19(18)25-15-14-24-17-11-8-16(9-12-17)10-13-20(22)23/h4-13H,14-15H2,1-3H3,(H,22,23). The molecule has 2 rings (SSSR count). The first kappa shape index (κ1) is 18.6. The summed E-state index contributed by atoms with van der Waals surface area (Å²) < 4.78 is 11.5. The van der Waals surface area contributed by atoms with Crippen molar-refractivity contribution in [1.29, 1.82) is 0 Å². The van der Waals surface area contributed by atoms with Crippen molar-refractivity contribution < 1.29 is 19.4 Å². The van der Waals surface area contributed by atoms with Gasteiger partial charge >= 0.3 is 5.97 Å². The molecule has 132 valence electrons. The molecule has 0 spiro atoms. The minimum absolute atomic E-state index is 0.0246. The molecule has 0 bridgehead atoms. The van der Waals surface area contributed by atoms with Gasteiger partial charge in [-0.05, 0) is 40.8 Å². The molecular formula is C21H24O4. The van der Waals surface area contributed by atoms with Gasteiger partial charge in [0, 0.05) is 6.08 Å². The second kappa shape index (κ2) is 8.38. The smallest absolute Gasteiger partial charge is 0.328 e. The molecule has 0 aromatic heterocycles. The molecule has 0 fully saturated rings. The van der Waals surface area contributed by atoms with E-state index < -0.39 is 5.97 Å². The van der Waals surface area contributed by atoms with Gasteiger partial charge in [0.15, 0.2) is 0 Å². The summed E-state index contributed by atoms with van der Waals surface area (Å²) in [6.07, 6.45) is 2.65. The Balaban J connectivity index is 1.85. The zero-order chi connectivity index (χ0) is 18.3. The van der Waals surface area contributed by atoms with E-state index in [-0.39, 0.29) is 5.41 Å². The highest BCUT2D eigenvalue weighted by Gasteiger charge is 2.18. The van der Waals surface area contributed by atoms with Crippen LogP contribution in [0.25, 0.3) is 6.08 Å². The molecule has 25 heavy (non-hydrogen) atoms. The van der Waals surface area contributed by atoms with Crippen molar-refractivity contribution in [3.63, 3.8) is 0 Å². The van der Waals surface area contributed by atoms with E-state index in [1.165, 1.54) is 5.56 Å². The lowest BCUT2D eigenvalue weighted by molar-refractivity contribution is -0.131. The van der Waals surface area contributed by atoms with Gasteiger partial charge in [0.1, 0.15) is 24.7 Å². The lowest BCUT2D eigenvalue weighted by atomic mass is 9.86. The Hall–Kier alpha value is -2.75. The fraction of sp³-hybridized carbons (Fsp3) is 0.286. The minimum Gasteiger partial charge on any atom is -0.490 e. The number of carboxylic acids is 1. The fourth-order valence-electron chi connectivity index (χ4n) is 2.37. The molecule has 1 N–H and O–H groups in total. The van der Waals surface area contributed by atoms with Crippen LogP contribution in [-0.2, 0) is 10.2 Å². The Morgan fingerprint density at radius 3 is 2.28 bits per heavy atom. The number of ether oxygens (including phenoxy) is 2. The number of para-hydroxylation sites is 1. The van der Waals surface area contributed by atoms with Gasteiger partial charge in [-0.15, -0.1) is 0 Å². The molecular weight excluding hydrogens is 316 g/mol. The molecule has 0 aliphatic rings. The van der Waals surface area contributed by atoms with Gasteiger partial charge in [-0.2, -0.15) is 0 Å². The monoisotopic (exact) mass is 340 g/mol. The van der Waals surface area contributed by atoms with Crippen LogP contribution in [0.4, 0.5) is 0 Å². The third-order valence-electron chi connectivity index (χ3n) is 3.60. The molecule has 0 radical (unpaired) electrons. The number of rotatable bonds is 7. The maximum absolute atomic E-state index is 10.5. The lowest BCUT2D eigenvalue weighted by Crippen LogP contribution is -2.15. The second-order valence-electron chi connectivity index (χ2n) is 6.68. The summed E-state index contributed by atoms with van der Waals surface area (Å²) >= 11 is 0. The van der Waals surface area contributed by atoms with Gasteiger partial charge in [0.05, 0.1) is 0 Å². The average Bonchev–Trinajstić information content (AvgIpc) is 2.57. The first-order valence-corrected chi connectivity index (χ1v) is 8.22. The van der Waals surface area contributed by atoms with Crippen molar-refractivity contribution in [3.05, 3.63) is 65.7 Å². The highest BCUT2D eigenvalue weighted by molar-refractivity contribution is 5.85. The molecule has 0 amide bonds. The second-order valence-corrected chi connectivity index (χ2v) is 6.68. The fourth-order valence-corrected chi connectivity index (χ4v) is 2.37. The zero-order valence-corrected chi connectivity index (χ0v) is 14.9. The number of aliphatic carboxylic acids is 1. The predicted octanol–water partition coefficient (Wildman–Crippen LogP) is 4.54. The van der Waals surface area contributed by atoms with Crippen LogP contribution in [0.15, 0.2) is 54.6 Å². The molecule has 4 heteroatoms. The van der Waals surface area contributed by atoms with E-state index in [0.717, 1.165) is 23.1 Å². The molecule has 0 unspecified atom stereocenters. The molecule has 0 saturated heterocycles. The quantitative estimate of drug-likeness (QED) is 0.594. The highest BCUT2D eigenvalue weighted by Crippen LogP contribution is 2.30. The molecule has 0 aliphatic carbocycles. The van der Waals surface area contributed by atoms with Crippen LogP contribution in [-0.4, -0.2) is 24.3 Å². The third-order valence-corrected chi connectivity index (χ3v) is 3.60. The van der Waals surface area contributed by atoms with E-state index in [1.807, 2.05) is 42.5 Å². The Labute approximate surface area is 148 Å². The third kappa shape index (κ3) is 5.99. The molecule has 2 aromatic carbocycles. The van der Waals surface area contributed by atoms with Crippen molar-refractivity contribution in [2.45, 2.75) is 26.2 Å². The van der Waals surface area contributed by atoms with E-state index in [0.29, 0.717) is 13.2 Å². The molecule has 4 nitrogen and oxygen atoms in total. The number of hydrogen-bond donors (Lipinski definition) is 1. The van der Waals surface area contributed by atoms with Gasteiger partial charge in [-0.1, -0.05) is 51.1 Å². The molecule has 2 aromatic rings. The first-order valence-electron chi connectivity index (χ1n) is 8.22.